The molecular weight excluding hydrogens is 480 g/mol. The van der Waals surface area contributed by atoms with E-state index in [2.05, 4.69) is 0 Å². The van der Waals surface area contributed by atoms with Crippen LogP contribution < -0.4 is 0 Å². The summed E-state index contributed by atoms with van der Waals surface area (Å²) in [5.41, 5.74) is -7.19. The molecule has 0 aromatic carbocycles. The van der Waals surface area contributed by atoms with Gasteiger partial charge in [0.1, 0.15) is 11.9 Å². The van der Waals surface area contributed by atoms with Gasteiger partial charge in [0.2, 0.25) is 5.79 Å². The molecule has 5 fully saturated rings. The monoisotopic (exact) mass is 512 g/mol. The number of hydrogen-bond acceptors (Lipinski definition) is 9. The highest BCUT2D eigenvalue weighted by molar-refractivity contribution is 5.99. The van der Waals surface area contributed by atoms with Gasteiger partial charge in [-0.25, -0.2) is 4.79 Å². The molecule has 9 nitrogen and oxygen atoms in total. The summed E-state index contributed by atoms with van der Waals surface area (Å²) in [5, 5.41) is 24.6. The third kappa shape index (κ3) is 2.17. The van der Waals surface area contributed by atoms with Crippen LogP contribution in [0.3, 0.4) is 0 Å². The minimum absolute atomic E-state index is 0.0426. The molecule has 11 atom stereocenters. The maximum absolute atomic E-state index is 14.6. The SMILES string of the molecule is CC1C(=O)OC2CC1(C)C1C(=O)C3(O)OC14C(O)(CCC1C3CC=C3C=CCC(=O)C31C)C(=O)OC24C. The van der Waals surface area contributed by atoms with Gasteiger partial charge in [0.05, 0.1) is 17.3 Å². The maximum atomic E-state index is 14.6. The number of rotatable bonds is 0. The average molecular weight is 513 g/mol. The van der Waals surface area contributed by atoms with Gasteiger partial charge in [0, 0.05) is 12.3 Å². The second-order valence-corrected chi connectivity index (χ2v) is 12.9. The predicted molar refractivity (Wildman–Crippen MR) is 124 cm³/mol. The Morgan fingerprint density at radius 2 is 1.78 bits per heavy atom. The van der Waals surface area contributed by atoms with Crippen LogP contribution in [0.2, 0.25) is 0 Å². The summed E-state index contributed by atoms with van der Waals surface area (Å²) in [4.78, 5) is 54.5. The van der Waals surface area contributed by atoms with Crippen molar-refractivity contribution in [1.29, 1.82) is 0 Å². The van der Waals surface area contributed by atoms with E-state index in [4.69, 9.17) is 14.2 Å². The molecular formula is C28H32O9. The van der Waals surface area contributed by atoms with Crippen LogP contribution >= 0.6 is 0 Å². The summed E-state index contributed by atoms with van der Waals surface area (Å²) < 4.78 is 18.1. The van der Waals surface area contributed by atoms with Crippen LogP contribution in [0.15, 0.2) is 23.8 Å². The lowest BCUT2D eigenvalue weighted by Gasteiger charge is -2.61. The van der Waals surface area contributed by atoms with Crippen molar-refractivity contribution in [1.82, 2.24) is 0 Å². The van der Waals surface area contributed by atoms with Crippen molar-refractivity contribution in [2.75, 3.05) is 0 Å². The summed E-state index contributed by atoms with van der Waals surface area (Å²) >= 11 is 0. The van der Waals surface area contributed by atoms with Crippen LogP contribution in [0.25, 0.3) is 0 Å². The van der Waals surface area contributed by atoms with E-state index in [-0.39, 0.29) is 37.9 Å². The van der Waals surface area contributed by atoms with E-state index in [1.54, 1.807) is 19.9 Å². The van der Waals surface area contributed by atoms with E-state index in [0.717, 1.165) is 5.57 Å². The molecule has 1 saturated carbocycles. The minimum atomic E-state index is -2.39. The highest BCUT2D eigenvalue weighted by Gasteiger charge is 2.91. The number of allylic oxidation sites excluding steroid dienone is 4. The summed E-state index contributed by atoms with van der Waals surface area (Å²) in [6, 6.07) is 0. The van der Waals surface area contributed by atoms with E-state index in [0.29, 0.717) is 0 Å². The van der Waals surface area contributed by atoms with Gasteiger partial charge in [0.15, 0.2) is 22.6 Å². The zero-order chi connectivity index (χ0) is 26.6. The van der Waals surface area contributed by atoms with Gasteiger partial charge >= 0.3 is 11.9 Å². The third-order valence-corrected chi connectivity index (χ3v) is 11.8. The van der Waals surface area contributed by atoms with Gasteiger partial charge in [-0.05, 0) is 56.4 Å². The van der Waals surface area contributed by atoms with Gasteiger partial charge in [-0.15, -0.1) is 0 Å². The van der Waals surface area contributed by atoms with Gasteiger partial charge < -0.3 is 24.4 Å². The van der Waals surface area contributed by atoms with Crippen molar-refractivity contribution in [3.05, 3.63) is 23.8 Å². The normalized spacial score (nSPS) is 57.4. The topological polar surface area (TPSA) is 136 Å². The molecule has 4 heterocycles. The first-order valence-corrected chi connectivity index (χ1v) is 13.3. The van der Waals surface area contributed by atoms with Crippen LogP contribution in [0, 0.1) is 34.5 Å². The molecule has 0 radical (unpaired) electrons. The van der Waals surface area contributed by atoms with Crippen molar-refractivity contribution >= 4 is 23.5 Å². The largest absolute Gasteiger partial charge is 0.458 e. The standard InChI is InChI=1S/C28H32O9/c1-13-21(31)35-18-12-23(13,2)19-20(30)27(34)16-9-8-14-6-5-7-17(29)24(14,3)15(16)10-11-26(33)22(32)36-25(18,4)28(19,26)37-27/h5-6,8,13,15-16,18-19,33-34H,7,9-12H2,1-4H3. The number of fused-ring (bicyclic) bond motifs is 9. The van der Waals surface area contributed by atoms with Crippen molar-refractivity contribution in [2.24, 2.45) is 34.5 Å². The summed E-state index contributed by atoms with van der Waals surface area (Å²) in [6.45, 7) is 6.80. The number of carbonyl (C=O) groups excluding carboxylic acids is 4. The second-order valence-electron chi connectivity index (χ2n) is 12.9. The highest BCUT2D eigenvalue weighted by atomic mass is 16.7. The Balaban J connectivity index is 1.50. The zero-order valence-corrected chi connectivity index (χ0v) is 21.4. The van der Waals surface area contributed by atoms with E-state index in [1.165, 1.54) is 6.92 Å². The van der Waals surface area contributed by atoms with E-state index in [1.807, 2.05) is 19.1 Å². The molecule has 4 aliphatic heterocycles. The van der Waals surface area contributed by atoms with Crippen LogP contribution in [-0.2, 0) is 33.4 Å². The fourth-order valence-corrected chi connectivity index (χ4v) is 9.44. The average Bonchev–Trinajstić information content (AvgIpc) is 3.19. The van der Waals surface area contributed by atoms with Crippen LogP contribution in [0.5, 0.6) is 0 Å². The first-order valence-electron chi connectivity index (χ1n) is 13.3. The molecule has 2 N–H and O–H groups in total. The Bertz CT molecular complexity index is 1270. The second kappa shape index (κ2) is 6.43. The molecule has 198 valence electrons. The molecule has 0 amide bonds. The molecule has 7 rings (SSSR count). The number of esters is 2. The van der Waals surface area contributed by atoms with E-state index < -0.39 is 80.9 Å². The van der Waals surface area contributed by atoms with Gasteiger partial charge in [-0.2, -0.15) is 0 Å². The third-order valence-electron chi connectivity index (χ3n) is 11.8. The lowest BCUT2D eigenvalue weighted by Crippen LogP contribution is -2.78. The number of aliphatic hydroxyl groups is 2. The number of Topliss-reactive ketones (excluding diaryl/α,β-unsaturated/α-hetero) is 2. The van der Waals surface area contributed by atoms with Crippen LogP contribution in [-0.4, -0.2) is 62.4 Å². The molecule has 37 heavy (non-hydrogen) atoms. The molecule has 3 aliphatic carbocycles. The Hall–Kier alpha value is -2.36. The van der Waals surface area contributed by atoms with Crippen molar-refractivity contribution in [2.45, 2.75) is 88.5 Å². The molecule has 0 aromatic heterocycles. The first-order chi connectivity index (χ1) is 17.2. The quantitative estimate of drug-likeness (QED) is 0.463. The molecule has 4 saturated heterocycles. The molecule has 7 aliphatic rings. The Morgan fingerprint density at radius 3 is 2.51 bits per heavy atom. The summed E-state index contributed by atoms with van der Waals surface area (Å²) in [7, 11) is 0. The van der Waals surface area contributed by atoms with Gasteiger partial charge in [-0.3, -0.25) is 14.4 Å². The van der Waals surface area contributed by atoms with Crippen molar-refractivity contribution in [3.63, 3.8) is 0 Å². The first kappa shape index (κ1) is 23.7. The lowest BCUT2D eigenvalue weighted by molar-refractivity contribution is -0.346. The Kier molecular flexibility index (Phi) is 4.13. The highest BCUT2D eigenvalue weighted by Crippen LogP contribution is 2.73. The Morgan fingerprint density at radius 1 is 1.05 bits per heavy atom. The zero-order valence-electron chi connectivity index (χ0n) is 21.4. The lowest BCUT2D eigenvalue weighted by atomic mass is 9.46. The number of ether oxygens (including phenoxy) is 3. The van der Waals surface area contributed by atoms with Gasteiger partial charge in [-0.1, -0.05) is 32.1 Å². The maximum Gasteiger partial charge on any atom is 0.342 e. The van der Waals surface area contributed by atoms with Crippen LogP contribution in [0.4, 0.5) is 0 Å². The van der Waals surface area contributed by atoms with E-state index in [9.17, 15) is 29.4 Å². The molecule has 11 unspecified atom stereocenters. The van der Waals surface area contributed by atoms with Crippen molar-refractivity contribution < 1.29 is 43.6 Å². The van der Waals surface area contributed by atoms with Crippen LogP contribution in [0.1, 0.15) is 59.8 Å². The fraction of sp³-hybridized carbons (Fsp3) is 0.714. The molecule has 4 bridgehead atoms. The minimum Gasteiger partial charge on any atom is -0.458 e. The number of ketones is 2. The Labute approximate surface area is 214 Å². The van der Waals surface area contributed by atoms with E-state index >= 15 is 0 Å². The molecule has 9 heteroatoms. The number of hydrogen-bond donors (Lipinski definition) is 2. The molecule has 1 spiro atoms. The fourth-order valence-electron chi connectivity index (χ4n) is 9.44. The summed E-state index contributed by atoms with van der Waals surface area (Å²) in [5.74, 6) is -7.88. The summed E-state index contributed by atoms with van der Waals surface area (Å²) in [6.07, 6.45) is 5.45. The number of carbonyl (C=O) groups is 4. The van der Waals surface area contributed by atoms with Gasteiger partial charge in [0.25, 0.3) is 0 Å². The smallest absolute Gasteiger partial charge is 0.342 e. The predicted octanol–water partition coefficient (Wildman–Crippen LogP) is 1.54. The molecule has 0 aromatic rings. The van der Waals surface area contributed by atoms with Crippen molar-refractivity contribution in [3.8, 4) is 0 Å².